The van der Waals surface area contributed by atoms with E-state index in [2.05, 4.69) is 16.8 Å². The summed E-state index contributed by atoms with van der Waals surface area (Å²) in [6.07, 6.45) is 7.28. The number of carbonyl (C=O) groups excluding carboxylic acids is 1. The van der Waals surface area contributed by atoms with Crippen LogP contribution in [0, 0.1) is 0 Å². The van der Waals surface area contributed by atoms with Crippen LogP contribution in [0.3, 0.4) is 0 Å². The molecule has 1 saturated carbocycles. The minimum atomic E-state index is -1.57. The number of nitrogens with zero attached hydrogens (tertiary/aromatic N) is 3. The second-order valence-corrected chi connectivity index (χ2v) is 8.67. The molecule has 1 aromatic rings. The molecule has 0 bridgehead atoms. The highest BCUT2D eigenvalue weighted by Crippen LogP contribution is 2.45. The highest BCUT2D eigenvalue weighted by Gasteiger charge is 2.51. The van der Waals surface area contributed by atoms with Crippen LogP contribution in [0.25, 0.3) is 0 Å². The van der Waals surface area contributed by atoms with Crippen LogP contribution in [0.5, 0.6) is 0 Å². The fourth-order valence-corrected chi connectivity index (χ4v) is 4.85. The molecular formula is C19H28BN3O3. The fraction of sp³-hybridized carbons (Fsp3) is 0.684. The summed E-state index contributed by atoms with van der Waals surface area (Å²) in [7, 11) is -1.57. The van der Waals surface area contributed by atoms with Crippen LogP contribution < -0.4 is 10.4 Å². The molecule has 26 heavy (non-hydrogen) atoms. The molecule has 1 atom stereocenters. The van der Waals surface area contributed by atoms with Gasteiger partial charge < -0.3 is 14.9 Å². The Morgan fingerprint density at radius 2 is 1.96 bits per heavy atom. The van der Waals surface area contributed by atoms with E-state index >= 15 is 0 Å². The summed E-state index contributed by atoms with van der Waals surface area (Å²) in [6.45, 7) is 7.28. The fourth-order valence-electron chi connectivity index (χ4n) is 4.85. The third-order valence-electron chi connectivity index (χ3n) is 6.57. The Kier molecular flexibility index (Phi) is 4.37. The number of likely N-dealkylation sites (tertiary alicyclic amines) is 1. The van der Waals surface area contributed by atoms with E-state index in [9.17, 15) is 14.8 Å². The van der Waals surface area contributed by atoms with Crippen molar-refractivity contribution < 1.29 is 14.8 Å². The standard InChI is InChI=1S/C19H28BN3O3/c1-12-6-4-5-7-22(12)14-9-15(10-14)23-16-8-13(20(25)26)11-21-17(16)19(2,3)18(23)24/h8,11-12,14-15,25-26H,4-7,9-10H2,1-3H3/t12-,14?,15?/m0/s1. The first-order valence-electron chi connectivity index (χ1n) is 9.76. The maximum Gasteiger partial charge on any atom is 0.490 e. The molecule has 6 nitrogen and oxygen atoms in total. The summed E-state index contributed by atoms with van der Waals surface area (Å²) in [4.78, 5) is 22.0. The molecule has 3 heterocycles. The Morgan fingerprint density at radius 1 is 1.23 bits per heavy atom. The molecule has 1 aromatic heterocycles. The quantitative estimate of drug-likeness (QED) is 0.783. The normalized spacial score (nSPS) is 30.9. The van der Waals surface area contributed by atoms with Crippen LogP contribution in [-0.2, 0) is 10.2 Å². The summed E-state index contributed by atoms with van der Waals surface area (Å²) in [5.41, 5.74) is 1.15. The van der Waals surface area contributed by atoms with Crippen molar-refractivity contribution in [3.05, 3.63) is 18.0 Å². The summed E-state index contributed by atoms with van der Waals surface area (Å²) in [6, 6.07) is 3.08. The van der Waals surface area contributed by atoms with Gasteiger partial charge in [0, 0.05) is 29.8 Å². The maximum absolute atomic E-state index is 13.1. The highest BCUT2D eigenvalue weighted by atomic mass is 16.4. The van der Waals surface area contributed by atoms with Gasteiger partial charge in [-0.2, -0.15) is 0 Å². The summed E-state index contributed by atoms with van der Waals surface area (Å²) in [5, 5.41) is 19.0. The van der Waals surface area contributed by atoms with Gasteiger partial charge in [0.2, 0.25) is 5.91 Å². The molecule has 3 aliphatic rings. The van der Waals surface area contributed by atoms with E-state index in [0.717, 1.165) is 30.8 Å². The number of aromatic nitrogens is 1. The van der Waals surface area contributed by atoms with Crippen molar-refractivity contribution >= 4 is 24.2 Å². The van der Waals surface area contributed by atoms with Crippen molar-refractivity contribution in [1.29, 1.82) is 0 Å². The Morgan fingerprint density at radius 3 is 2.62 bits per heavy atom. The first kappa shape index (κ1) is 18.0. The van der Waals surface area contributed by atoms with Crippen LogP contribution in [-0.4, -0.2) is 57.6 Å². The van der Waals surface area contributed by atoms with E-state index in [-0.39, 0.29) is 11.9 Å². The minimum Gasteiger partial charge on any atom is -0.423 e. The van der Waals surface area contributed by atoms with Gasteiger partial charge >= 0.3 is 7.12 Å². The van der Waals surface area contributed by atoms with Crippen molar-refractivity contribution in [3.8, 4) is 0 Å². The minimum absolute atomic E-state index is 0.0692. The zero-order valence-corrected chi connectivity index (χ0v) is 15.9. The average molecular weight is 357 g/mol. The Balaban J connectivity index is 1.57. The lowest BCUT2D eigenvalue weighted by molar-refractivity contribution is -0.123. The highest BCUT2D eigenvalue weighted by molar-refractivity contribution is 6.58. The number of hydrogen-bond donors (Lipinski definition) is 2. The van der Waals surface area contributed by atoms with E-state index in [0.29, 0.717) is 17.5 Å². The zero-order chi connectivity index (χ0) is 18.6. The first-order chi connectivity index (χ1) is 12.3. The third kappa shape index (κ3) is 2.68. The van der Waals surface area contributed by atoms with Crippen molar-refractivity contribution in [1.82, 2.24) is 9.88 Å². The predicted molar refractivity (Wildman–Crippen MR) is 101 cm³/mol. The molecule has 1 saturated heterocycles. The molecule has 2 N–H and O–H groups in total. The van der Waals surface area contributed by atoms with Gasteiger partial charge in [-0.3, -0.25) is 14.7 Å². The number of hydrogen-bond acceptors (Lipinski definition) is 5. The van der Waals surface area contributed by atoms with Gasteiger partial charge in [0.1, 0.15) is 0 Å². The van der Waals surface area contributed by atoms with E-state index in [1.54, 1.807) is 6.07 Å². The number of fused-ring (bicyclic) bond motifs is 1. The lowest BCUT2D eigenvalue weighted by Crippen LogP contribution is -2.58. The molecule has 140 valence electrons. The molecule has 0 aromatic carbocycles. The van der Waals surface area contributed by atoms with Gasteiger partial charge in [-0.1, -0.05) is 6.42 Å². The molecule has 0 spiro atoms. The van der Waals surface area contributed by atoms with E-state index < -0.39 is 12.5 Å². The second-order valence-electron chi connectivity index (χ2n) is 8.67. The van der Waals surface area contributed by atoms with E-state index in [1.165, 1.54) is 25.5 Å². The maximum atomic E-state index is 13.1. The van der Waals surface area contributed by atoms with Gasteiger partial charge in [-0.25, -0.2) is 0 Å². The SMILES string of the molecule is C[C@H]1CCCCN1C1CC(N2C(=O)C(C)(C)c3ncc(B(O)O)cc32)C1. The van der Waals surface area contributed by atoms with Crippen LogP contribution in [0.2, 0.25) is 0 Å². The molecule has 0 unspecified atom stereocenters. The van der Waals surface area contributed by atoms with Crippen molar-refractivity contribution in [2.24, 2.45) is 0 Å². The van der Waals surface area contributed by atoms with Crippen LogP contribution >= 0.6 is 0 Å². The summed E-state index contributed by atoms with van der Waals surface area (Å²) in [5.74, 6) is 0.0692. The van der Waals surface area contributed by atoms with Crippen molar-refractivity contribution in [2.75, 3.05) is 11.4 Å². The monoisotopic (exact) mass is 357 g/mol. The molecule has 2 aliphatic heterocycles. The molecule has 2 fully saturated rings. The zero-order valence-electron chi connectivity index (χ0n) is 15.9. The number of pyridine rings is 1. The van der Waals surface area contributed by atoms with E-state index in [4.69, 9.17) is 0 Å². The van der Waals surface area contributed by atoms with E-state index in [1.807, 2.05) is 18.7 Å². The molecule has 0 radical (unpaired) electrons. The number of piperidine rings is 1. The topological polar surface area (TPSA) is 76.9 Å². The summed E-state index contributed by atoms with van der Waals surface area (Å²) < 4.78 is 0. The number of amides is 1. The van der Waals surface area contributed by atoms with Gasteiger partial charge in [0.05, 0.1) is 16.8 Å². The van der Waals surface area contributed by atoms with Gasteiger partial charge in [-0.15, -0.1) is 0 Å². The number of rotatable bonds is 3. The molecular weight excluding hydrogens is 329 g/mol. The van der Waals surface area contributed by atoms with Crippen LogP contribution in [0.15, 0.2) is 12.3 Å². The summed E-state index contributed by atoms with van der Waals surface area (Å²) >= 11 is 0. The Labute approximate surface area is 155 Å². The predicted octanol–water partition coefficient (Wildman–Crippen LogP) is 0.791. The van der Waals surface area contributed by atoms with Gasteiger partial charge in [0.15, 0.2) is 0 Å². The van der Waals surface area contributed by atoms with Gasteiger partial charge in [-0.05, 0) is 59.1 Å². The lowest BCUT2D eigenvalue weighted by Gasteiger charge is -2.50. The number of anilines is 1. The largest absolute Gasteiger partial charge is 0.490 e. The second kappa shape index (κ2) is 6.32. The smallest absolute Gasteiger partial charge is 0.423 e. The molecule has 7 heteroatoms. The molecule has 1 amide bonds. The average Bonchev–Trinajstić information content (AvgIpc) is 2.75. The number of carbonyl (C=O) groups is 1. The first-order valence-corrected chi connectivity index (χ1v) is 9.76. The van der Waals surface area contributed by atoms with Gasteiger partial charge in [0.25, 0.3) is 0 Å². The lowest BCUT2D eigenvalue weighted by atomic mass is 9.80. The van der Waals surface area contributed by atoms with Crippen molar-refractivity contribution in [2.45, 2.75) is 76.4 Å². The molecule has 4 rings (SSSR count). The van der Waals surface area contributed by atoms with Crippen LogP contribution in [0.4, 0.5) is 5.69 Å². The Bertz CT molecular complexity index is 718. The molecule has 1 aliphatic carbocycles. The Hall–Kier alpha value is -1.44. The van der Waals surface area contributed by atoms with Crippen LogP contribution in [0.1, 0.15) is 58.6 Å². The van der Waals surface area contributed by atoms with Crippen molar-refractivity contribution in [3.63, 3.8) is 0 Å². The third-order valence-corrected chi connectivity index (χ3v) is 6.57.